The summed E-state index contributed by atoms with van der Waals surface area (Å²) in [6, 6.07) is 44.1. The Labute approximate surface area is 411 Å². The predicted molar refractivity (Wildman–Crippen MR) is 276 cm³/mol. The van der Waals surface area contributed by atoms with Crippen molar-refractivity contribution in [3.8, 4) is 17.2 Å². The lowest BCUT2D eigenvalue weighted by Gasteiger charge is -2.26. The zero-order chi connectivity index (χ0) is 49.4. The Morgan fingerprint density at radius 3 is 1.50 bits per heavy atom. The molecule has 14 heteroatoms. The van der Waals surface area contributed by atoms with Crippen LogP contribution in [0.4, 0.5) is 17.1 Å². The van der Waals surface area contributed by atoms with Crippen LogP contribution in [0.1, 0.15) is 86.0 Å². The summed E-state index contributed by atoms with van der Waals surface area (Å²) >= 11 is 0. The Morgan fingerprint density at radius 2 is 1.01 bits per heavy atom. The van der Waals surface area contributed by atoms with Gasteiger partial charge in [0, 0.05) is 18.7 Å². The molecule has 0 unspecified atom stereocenters. The molecule has 0 atom stereocenters. The molecule has 364 valence electrons. The molecule has 0 radical (unpaired) electrons. The van der Waals surface area contributed by atoms with Crippen LogP contribution in [0.3, 0.4) is 0 Å². The highest BCUT2D eigenvalue weighted by Gasteiger charge is 2.37. The fourth-order valence-corrected chi connectivity index (χ4v) is 9.71. The van der Waals surface area contributed by atoms with Crippen LogP contribution in [0.15, 0.2) is 187 Å². The fourth-order valence-electron chi connectivity index (χ4n) is 7.38. The molecule has 2 N–H and O–H groups in total. The van der Waals surface area contributed by atoms with Crippen molar-refractivity contribution < 1.29 is 46.2 Å². The Bertz CT molecular complexity index is 2780. The molecule has 7 rings (SSSR count). The van der Waals surface area contributed by atoms with Crippen LogP contribution in [0.2, 0.25) is 0 Å². The summed E-state index contributed by atoms with van der Waals surface area (Å²) in [5.41, 5.74) is 6.96. The van der Waals surface area contributed by atoms with Crippen LogP contribution in [0.25, 0.3) is 0 Å². The zero-order valence-corrected chi connectivity index (χ0v) is 41.8. The molecule has 0 aromatic heterocycles. The summed E-state index contributed by atoms with van der Waals surface area (Å²) in [6.07, 6.45) is 9.96. The number of phosphoric acid groups is 2. The third-order valence-electron chi connectivity index (χ3n) is 11.2. The SMILES string of the molecule is CC(C)=CCC/C(C)=C/CC/C(C)=C/CN1C(=O)c2cccc(O)c2Nc2c(OP(=O)(OCc3ccccc3)OCc3ccccc3)cc(OP(=O)(OCc3ccccc3)OCc3ccccc3)cc21. The quantitative estimate of drug-likeness (QED) is 0.0340. The number of hydrogen-bond donors (Lipinski definition) is 2. The van der Waals surface area contributed by atoms with Crippen molar-refractivity contribution in [3.05, 3.63) is 214 Å². The predicted octanol–water partition coefficient (Wildman–Crippen LogP) is 15.4. The lowest BCUT2D eigenvalue weighted by Crippen LogP contribution is -2.30. The molecule has 6 aromatic rings. The summed E-state index contributed by atoms with van der Waals surface area (Å²) in [4.78, 5) is 16.4. The Balaban J connectivity index is 1.32. The minimum absolute atomic E-state index is 0.0555. The molecule has 0 saturated heterocycles. The maximum absolute atomic E-state index is 15.1. The minimum atomic E-state index is -4.62. The van der Waals surface area contributed by atoms with Crippen molar-refractivity contribution in [2.45, 2.75) is 79.8 Å². The molecule has 0 saturated carbocycles. The summed E-state index contributed by atoms with van der Waals surface area (Å²) in [5, 5.41) is 14.5. The molecule has 0 aliphatic carbocycles. The number of aromatic hydroxyl groups is 1. The van der Waals surface area contributed by atoms with Gasteiger partial charge in [0.2, 0.25) is 0 Å². The highest BCUT2D eigenvalue weighted by molar-refractivity contribution is 7.49. The number of carbonyl (C=O) groups excluding carboxylic acids is 1. The second-order valence-electron chi connectivity index (χ2n) is 17.1. The van der Waals surface area contributed by atoms with E-state index in [0.29, 0.717) is 22.3 Å². The molecule has 1 heterocycles. The van der Waals surface area contributed by atoms with E-state index in [1.54, 1.807) is 12.1 Å². The van der Waals surface area contributed by atoms with Gasteiger partial charge in [0.25, 0.3) is 5.91 Å². The summed E-state index contributed by atoms with van der Waals surface area (Å²) in [6.45, 7) is 7.83. The number of anilines is 3. The first-order valence-corrected chi connectivity index (χ1v) is 26.1. The first-order valence-electron chi connectivity index (χ1n) is 23.2. The number of rotatable bonds is 24. The van der Waals surface area contributed by atoms with E-state index in [0.717, 1.165) is 31.3 Å². The molecule has 0 fully saturated rings. The average molecular weight is 983 g/mol. The maximum atomic E-state index is 15.1. The third-order valence-corrected chi connectivity index (χ3v) is 13.9. The van der Waals surface area contributed by atoms with Gasteiger partial charge in [0.05, 0.1) is 43.4 Å². The van der Waals surface area contributed by atoms with E-state index < -0.39 is 21.6 Å². The van der Waals surface area contributed by atoms with Gasteiger partial charge in [-0.1, -0.05) is 162 Å². The number of benzene rings is 6. The summed E-state index contributed by atoms with van der Waals surface area (Å²) in [5.74, 6) is -1.01. The lowest BCUT2D eigenvalue weighted by molar-refractivity contribution is 0.0990. The number of nitrogens with one attached hydrogen (secondary N) is 1. The molecule has 6 aromatic carbocycles. The van der Waals surface area contributed by atoms with Gasteiger partial charge in [-0.2, -0.15) is 0 Å². The number of carbonyl (C=O) groups is 1. The standard InChI is InChI=1S/C56H60N2O10P2/c1-42(2)20-17-21-43(3)22-18-23-44(4)34-35-58-51-36-49(67-69(61,63-38-45-24-9-5-10-25-45)64-39-46-26-11-6-12-27-46)37-53(55(51)57-54-50(56(58)60)32-19-33-52(54)59)68-70(62,65-40-47-28-13-7-14-29-47)66-41-48-30-15-8-16-31-48/h5-16,19-20,22,24-34,36-37,57,59H,17-18,21,23,35,38-41H2,1-4H3/b43-22+,44-34+. The van der Waals surface area contributed by atoms with Crippen LogP contribution >= 0.6 is 15.6 Å². The Hall–Kier alpha value is -6.49. The number of amides is 1. The fraction of sp³-hybridized carbons (Fsp3) is 0.232. The van der Waals surface area contributed by atoms with E-state index in [1.165, 1.54) is 34.2 Å². The largest absolute Gasteiger partial charge is 0.530 e. The Kier molecular flexibility index (Phi) is 18.3. The molecule has 12 nitrogen and oxygen atoms in total. The van der Waals surface area contributed by atoms with Crippen LogP contribution in [-0.2, 0) is 53.7 Å². The highest BCUT2D eigenvalue weighted by Crippen LogP contribution is 2.58. The van der Waals surface area contributed by atoms with Gasteiger partial charge in [-0.05, 0) is 87.8 Å². The van der Waals surface area contributed by atoms with Crippen molar-refractivity contribution in [2.75, 3.05) is 16.8 Å². The number of fused-ring (bicyclic) bond motifs is 2. The lowest BCUT2D eigenvalue weighted by atomic mass is 10.1. The molecule has 1 amide bonds. The van der Waals surface area contributed by atoms with E-state index in [9.17, 15) is 14.5 Å². The van der Waals surface area contributed by atoms with Crippen LogP contribution in [-0.4, -0.2) is 17.6 Å². The molecule has 1 aliphatic heterocycles. The first-order chi connectivity index (χ1) is 33.8. The monoisotopic (exact) mass is 982 g/mol. The van der Waals surface area contributed by atoms with Crippen molar-refractivity contribution in [2.24, 2.45) is 0 Å². The Morgan fingerprint density at radius 1 is 0.557 bits per heavy atom. The number of hydrogen-bond acceptors (Lipinski definition) is 11. The minimum Gasteiger partial charge on any atom is -0.506 e. The van der Waals surface area contributed by atoms with Gasteiger partial charge >= 0.3 is 15.6 Å². The van der Waals surface area contributed by atoms with Crippen LogP contribution in [0, 0.1) is 0 Å². The molecule has 1 aliphatic rings. The third kappa shape index (κ3) is 15.0. The molecular formula is C56H60N2O10P2. The second kappa shape index (κ2) is 24.9. The summed E-state index contributed by atoms with van der Waals surface area (Å²) in [7, 11) is -9.15. The number of phosphoric ester groups is 2. The average Bonchev–Trinajstić information content (AvgIpc) is 3.48. The van der Waals surface area contributed by atoms with Crippen LogP contribution in [0.5, 0.6) is 17.2 Å². The topological polar surface area (TPSA) is 142 Å². The molecular weight excluding hydrogens is 923 g/mol. The van der Waals surface area contributed by atoms with Gasteiger partial charge in [-0.3, -0.25) is 22.9 Å². The molecule has 0 spiro atoms. The smallest absolute Gasteiger partial charge is 0.506 e. The maximum Gasteiger partial charge on any atom is 0.530 e. The van der Waals surface area contributed by atoms with E-state index in [1.807, 2.05) is 134 Å². The van der Waals surface area contributed by atoms with Crippen LogP contribution < -0.4 is 19.3 Å². The first kappa shape index (κ1) is 51.4. The second-order valence-corrected chi connectivity index (χ2v) is 20.3. The number of phenolic OH excluding ortho intramolecular Hbond substituents is 1. The van der Waals surface area contributed by atoms with E-state index in [4.69, 9.17) is 27.1 Å². The van der Waals surface area contributed by atoms with E-state index in [2.05, 4.69) is 38.2 Å². The molecule has 0 bridgehead atoms. The van der Waals surface area contributed by atoms with Gasteiger partial charge in [-0.25, -0.2) is 9.13 Å². The number of para-hydroxylation sites is 1. The summed E-state index contributed by atoms with van der Waals surface area (Å²) < 4.78 is 67.0. The van der Waals surface area contributed by atoms with Crippen molar-refractivity contribution >= 4 is 38.6 Å². The highest BCUT2D eigenvalue weighted by atomic mass is 31.2. The number of phenols is 1. The number of nitrogens with zero attached hydrogens (tertiary/aromatic N) is 1. The van der Waals surface area contributed by atoms with Gasteiger partial charge in [0.1, 0.15) is 17.2 Å². The van der Waals surface area contributed by atoms with Crippen molar-refractivity contribution in [1.29, 1.82) is 0 Å². The van der Waals surface area contributed by atoms with E-state index >= 15 is 4.57 Å². The zero-order valence-electron chi connectivity index (χ0n) is 40.0. The van der Waals surface area contributed by atoms with Gasteiger partial charge < -0.3 is 24.4 Å². The van der Waals surface area contributed by atoms with Gasteiger partial charge in [-0.15, -0.1) is 0 Å². The van der Waals surface area contributed by atoms with Crippen molar-refractivity contribution in [3.63, 3.8) is 0 Å². The number of allylic oxidation sites excluding steroid dienone is 5. The van der Waals surface area contributed by atoms with E-state index in [-0.39, 0.29) is 72.8 Å². The van der Waals surface area contributed by atoms with Crippen molar-refractivity contribution in [1.82, 2.24) is 0 Å². The van der Waals surface area contributed by atoms with Gasteiger partial charge in [0.15, 0.2) is 5.75 Å². The molecule has 70 heavy (non-hydrogen) atoms. The normalized spacial score (nSPS) is 12.9.